The van der Waals surface area contributed by atoms with Gasteiger partial charge in [-0.3, -0.25) is 0 Å². The normalized spacial score (nSPS) is 20.3. The van der Waals surface area contributed by atoms with Crippen LogP contribution in [0, 0.1) is 6.92 Å². The summed E-state index contributed by atoms with van der Waals surface area (Å²) in [5.41, 5.74) is 14.3. The van der Waals surface area contributed by atoms with Crippen molar-refractivity contribution < 1.29 is 4.74 Å². The van der Waals surface area contributed by atoms with E-state index in [1.54, 1.807) is 0 Å². The van der Waals surface area contributed by atoms with E-state index >= 15 is 0 Å². The van der Waals surface area contributed by atoms with Gasteiger partial charge < -0.3 is 9.64 Å². The molecule has 0 N–H and O–H groups in total. The van der Waals surface area contributed by atoms with Crippen LogP contribution in [-0.4, -0.2) is 6.71 Å². The molecule has 0 atom stereocenters. The van der Waals surface area contributed by atoms with Crippen LogP contribution in [0.1, 0.15) is 96.0 Å². The molecule has 2 aliphatic carbocycles. The van der Waals surface area contributed by atoms with Gasteiger partial charge in [0.25, 0.3) is 6.71 Å². The summed E-state index contributed by atoms with van der Waals surface area (Å²) in [6, 6.07) is 26.0. The van der Waals surface area contributed by atoms with Crippen LogP contribution in [0.2, 0.25) is 0 Å². The molecule has 9 rings (SSSR count). The minimum Gasteiger partial charge on any atom is -0.457 e. The zero-order valence-electron chi connectivity index (χ0n) is 28.1. The molecule has 2 aliphatic heterocycles. The average Bonchev–Trinajstić information content (AvgIpc) is 3.47. The minimum atomic E-state index is 0.113. The smallest absolute Gasteiger partial charge is 0.268 e. The molecule has 0 bridgehead atoms. The van der Waals surface area contributed by atoms with Crippen LogP contribution >= 0.6 is 11.3 Å². The van der Waals surface area contributed by atoms with Gasteiger partial charge in [-0.2, -0.15) is 0 Å². The lowest BCUT2D eigenvalue weighted by Gasteiger charge is -2.40. The van der Waals surface area contributed by atoms with Crippen LogP contribution < -0.4 is 25.3 Å². The molecule has 4 aliphatic rings. The molecular weight excluding hydrogens is 565 g/mol. The third-order valence-electron chi connectivity index (χ3n) is 11.5. The number of ether oxygens (including phenoxy) is 1. The lowest BCUT2D eigenvalue weighted by atomic mass is 9.36. The Hall–Kier alpha value is -3.50. The van der Waals surface area contributed by atoms with Gasteiger partial charge in [0.15, 0.2) is 0 Å². The van der Waals surface area contributed by atoms with Crippen LogP contribution in [0.4, 0.5) is 17.1 Å². The Morgan fingerprint density at radius 1 is 0.689 bits per heavy atom. The first kappa shape index (κ1) is 27.8. The van der Waals surface area contributed by atoms with Crippen LogP contribution in [0.3, 0.4) is 0 Å². The van der Waals surface area contributed by atoms with Gasteiger partial charge in [0.2, 0.25) is 0 Å². The highest BCUT2D eigenvalue weighted by Gasteiger charge is 2.49. The topological polar surface area (TPSA) is 12.5 Å². The zero-order valence-corrected chi connectivity index (χ0v) is 28.9. The third kappa shape index (κ3) is 3.64. The summed E-state index contributed by atoms with van der Waals surface area (Å²) in [5, 5.41) is 1.24. The largest absolute Gasteiger partial charge is 0.457 e. The van der Waals surface area contributed by atoms with Crippen LogP contribution in [0.25, 0.3) is 10.1 Å². The Balaban J connectivity index is 1.36. The fourth-order valence-corrected chi connectivity index (χ4v) is 11.4. The zero-order chi connectivity index (χ0) is 31.4. The number of fused-ring (bicyclic) bond motifs is 8. The molecule has 0 fully saturated rings. The SMILES string of the molecule is Cc1ccc2sc3c(c2c1)Oc1cccc2c1B3c1cc3c(cc1N2c1ccc2c(c1)C(C)(C)CC2(C)C)C(C)(C)CC3(C)C. The number of hydrogen-bond acceptors (Lipinski definition) is 3. The predicted molar refractivity (Wildman–Crippen MR) is 194 cm³/mol. The average molecular weight is 608 g/mol. The number of aryl methyl sites for hydroxylation is 1. The van der Waals surface area contributed by atoms with Gasteiger partial charge in [0, 0.05) is 31.9 Å². The standard InChI is InChI=1S/C41H42BNOS/c1-23-13-16-34-25(17-23)36-37(45-34)42-30-19-28-29(41(8,9)22-40(28,6)7)20-32(30)43(31-11-10-12-33(44-36)35(31)42)24-14-15-26-27(18-24)39(4,5)21-38(26,2)3/h10-20H,21-22H2,1-9H3. The molecule has 4 heteroatoms. The van der Waals surface area contributed by atoms with Gasteiger partial charge >= 0.3 is 0 Å². The second-order valence-corrected chi connectivity index (χ2v) is 18.0. The first-order valence-electron chi connectivity index (χ1n) is 16.6. The summed E-state index contributed by atoms with van der Waals surface area (Å²) in [4.78, 5) is 2.57. The molecule has 4 aromatic carbocycles. The molecule has 2 nitrogen and oxygen atoms in total. The van der Waals surface area contributed by atoms with E-state index in [2.05, 4.69) is 134 Å². The number of rotatable bonds is 1. The second-order valence-electron chi connectivity index (χ2n) is 16.9. The maximum absolute atomic E-state index is 6.92. The predicted octanol–water partition coefficient (Wildman–Crippen LogP) is 9.53. The van der Waals surface area contributed by atoms with Gasteiger partial charge in [-0.25, -0.2) is 0 Å². The van der Waals surface area contributed by atoms with E-state index in [0.717, 1.165) is 24.3 Å². The lowest BCUT2D eigenvalue weighted by molar-refractivity contribution is 0.403. The molecule has 45 heavy (non-hydrogen) atoms. The molecule has 0 amide bonds. The minimum absolute atomic E-state index is 0.113. The van der Waals surface area contributed by atoms with E-state index in [1.807, 2.05) is 11.3 Å². The van der Waals surface area contributed by atoms with Gasteiger partial charge in [0.05, 0.1) is 0 Å². The first-order chi connectivity index (χ1) is 21.2. The van der Waals surface area contributed by atoms with Crippen LogP contribution in [0.15, 0.2) is 66.7 Å². The number of thiophene rings is 1. The highest BCUT2D eigenvalue weighted by molar-refractivity contribution is 7.33. The van der Waals surface area contributed by atoms with E-state index in [0.29, 0.717) is 0 Å². The second kappa shape index (κ2) is 8.45. The molecule has 3 heterocycles. The lowest BCUT2D eigenvalue weighted by Crippen LogP contribution is -2.58. The number of benzene rings is 4. The monoisotopic (exact) mass is 607 g/mol. The molecule has 0 saturated carbocycles. The summed E-state index contributed by atoms with van der Waals surface area (Å²) in [6.45, 7) is 21.7. The van der Waals surface area contributed by atoms with Crippen molar-refractivity contribution in [1.82, 2.24) is 0 Å². The summed E-state index contributed by atoms with van der Waals surface area (Å²) in [6.07, 6.45) is 2.32. The van der Waals surface area contributed by atoms with Gasteiger partial charge in [-0.05, 0) is 117 Å². The van der Waals surface area contributed by atoms with Crippen molar-refractivity contribution in [3.8, 4) is 11.5 Å². The summed E-state index contributed by atoms with van der Waals surface area (Å²) < 4.78 is 9.55. The highest BCUT2D eigenvalue weighted by atomic mass is 32.1. The van der Waals surface area contributed by atoms with E-state index in [9.17, 15) is 0 Å². The molecule has 0 unspecified atom stereocenters. The van der Waals surface area contributed by atoms with Crippen molar-refractivity contribution in [2.45, 2.75) is 96.8 Å². The Labute approximate surface area is 272 Å². The Bertz CT molecular complexity index is 2130. The van der Waals surface area contributed by atoms with Crippen molar-refractivity contribution in [3.63, 3.8) is 0 Å². The highest BCUT2D eigenvalue weighted by Crippen LogP contribution is 2.54. The molecule has 0 radical (unpaired) electrons. The fourth-order valence-electron chi connectivity index (χ4n) is 10.1. The Morgan fingerprint density at radius 3 is 2.09 bits per heavy atom. The molecule has 0 spiro atoms. The van der Waals surface area contributed by atoms with E-state index < -0.39 is 0 Å². The maximum atomic E-state index is 6.92. The van der Waals surface area contributed by atoms with Crippen molar-refractivity contribution >= 4 is 60.9 Å². The van der Waals surface area contributed by atoms with Crippen LogP contribution in [0.5, 0.6) is 11.5 Å². The maximum Gasteiger partial charge on any atom is 0.268 e. The molecule has 1 aromatic heterocycles. The van der Waals surface area contributed by atoms with Crippen molar-refractivity contribution in [1.29, 1.82) is 0 Å². The molecule has 226 valence electrons. The Kier molecular flexibility index (Phi) is 5.22. The number of nitrogens with zero attached hydrogens (tertiary/aromatic N) is 1. The van der Waals surface area contributed by atoms with E-state index in [-0.39, 0.29) is 28.4 Å². The molecule has 5 aromatic rings. The van der Waals surface area contributed by atoms with Crippen molar-refractivity contribution in [2.24, 2.45) is 0 Å². The van der Waals surface area contributed by atoms with Gasteiger partial charge in [-0.1, -0.05) is 85.2 Å². The third-order valence-corrected chi connectivity index (χ3v) is 12.8. The van der Waals surface area contributed by atoms with Gasteiger partial charge in [-0.15, -0.1) is 11.3 Å². The van der Waals surface area contributed by atoms with Crippen molar-refractivity contribution in [2.75, 3.05) is 4.90 Å². The van der Waals surface area contributed by atoms with Gasteiger partial charge in [0.1, 0.15) is 11.5 Å². The number of anilines is 3. The summed E-state index contributed by atoms with van der Waals surface area (Å²) in [7, 11) is 0. The van der Waals surface area contributed by atoms with E-state index in [1.165, 1.54) is 70.7 Å². The van der Waals surface area contributed by atoms with Crippen LogP contribution in [-0.2, 0) is 21.7 Å². The van der Waals surface area contributed by atoms with E-state index in [4.69, 9.17) is 4.74 Å². The summed E-state index contributed by atoms with van der Waals surface area (Å²) in [5.74, 6) is 2.04. The quantitative estimate of drug-likeness (QED) is 0.172. The Morgan fingerprint density at radius 2 is 1.36 bits per heavy atom. The van der Waals surface area contributed by atoms with Crippen molar-refractivity contribution in [3.05, 3.63) is 94.5 Å². The molecule has 0 saturated heterocycles. The molecular formula is C41H42BNOS. The summed E-state index contributed by atoms with van der Waals surface area (Å²) >= 11 is 1.91. The number of hydrogen-bond donors (Lipinski definition) is 0. The fraction of sp³-hybridized carbons (Fsp3) is 0.366. The first-order valence-corrected chi connectivity index (χ1v) is 17.5.